The molecule has 0 spiro atoms. The van der Waals surface area contributed by atoms with Crippen molar-refractivity contribution in [1.82, 2.24) is 14.8 Å². The maximum absolute atomic E-state index is 12.7. The van der Waals surface area contributed by atoms with Crippen molar-refractivity contribution in [3.05, 3.63) is 42.5 Å². The number of hydrogen-bond donors (Lipinski definition) is 0. The van der Waals surface area contributed by atoms with Gasteiger partial charge in [-0.05, 0) is 24.3 Å². The third-order valence-corrected chi connectivity index (χ3v) is 4.60. The lowest BCUT2D eigenvalue weighted by Crippen LogP contribution is -2.54. The number of carbonyl (C=O) groups excluding carboxylic acids is 3. The predicted molar refractivity (Wildman–Crippen MR) is 93.3 cm³/mol. The van der Waals surface area contributed by atoms with E-state index in [1.54, 1.807) is 40.3 Å². The van der Waals surface area contributed by atoms with Gasteiger partial charge in [0.2, 0.25) is 5.91 Å². The van der Waals surface area contributed by atoms with Crippen LogP contribution in [0, 0.1) is 0 Å². The van der Waals surface area contributed by atoms with Crippen LogP contribution in [-0.4, -0.2) is 71.8 Å². The first kappa shape index (κ1) is 17.1. The molecule has 3 amide bonds. The van der Waals surface area contributed by atoms with Gasteiger partial charge in [0, 0.05) is 32.4 Å². The number of pyridine rings is 1. The average Bonchev–Trinajstić information content (AvgIpc) is 3.24. The summed E-state index contributed by atoms with van der Waals surface area (Å²) >= 11 is 0. The van der Waals surface area contributed by atoms with Gasteiger partial charge in [0.1, 0.15) is 6.54 Å². The standard InChI is InChI=1S/C18H18N4O5/c23-15(11-22-16(24)12-27-13-3-1-5-19-17(13)22)20-6-8-21(9-7-20)18(25)14-4-2-10-26-14/h1-5,10H,6-9,11-12H2. The number of rotatable bonds is 3. The largest absolute Gasteiger partial charge is 0.480 e. The summed E-state index contributed by atoms with van der Waals surface area (Å²) in [6.45, 7) is 1.42. The molecule has 27 heavy (non-hydrogen) atoms. The molecule has 2 aliphatic rings. The van der Waals surface area contributed by atoms with Crippen molar-refractivity contribution in [3.63, 3.8) is 0 Å². The molecule has 0 aromatic carbocycles. The molecule has 0 aliphatic carbocycles. The van der Waals surface area contributed by atoms with E-state index in [4.69, 9.17) is 9.15 Å². The van der Waals surface area contributed by atoms with E-state index in [1.165, 1.54) is 11.2 Å². The average molecular weight is 370 g/mol. The second-order valence-corrected chi connectivity index (χ2v) is 6.24. The van der Waals surface area contributed by atoms with Gasteiger partial charge >= 0.3 is 0 Å². The Morgan fingerprint density at radius 2 is 1.85 bits per heavy atom. The van der Waals surface area contributed by atoms with E-state index in [0.717, 1.165) is 0 Å². The van der Waals surface area contributed by atoms with Crippen molar-refractivity contribution in [2.45, 2.75) is 0 Å². The van der Waals surface area contributed by atoms with Crippen molar-refractivity contribution >= 4 is 23.5 Å². The van der Waals surface area contributed by atoms with Gasteiger partial charge in [0.25, 0.3) is 11.8 Å². The summed E-state index contributed by atoms with van der Waals surface area (Å²) in [7, 11) is 0. The first-order valence-electron chi connectivity index (χ1n) is 8.62. The normalized spacial score (nSPS) is 16.7. The monoisotopic (exact) mass is 370 g/mol. The molecule has 2 aromatic heterocycles. The van der Waals surface area contributed by atoms with Crippen molar-refractivity contribution in [3.8, 4) is 5.75 Å². The van der Waals surface area contributed by atoms with Crippen LogP contribution >= 0.6 is 0 Å². The highest BCUT2D eigenvalue weighted by Gasteiger charge is 2.31. The lowest BCUT2D eigenvalue weighted by molar-refractivity contribution is -0.133. The Bertz CT molecular complexity index is 858. The fourth-order valence-corrected chi connectivity index (χ4v) is 3.15. The number of hydrogen-bond acceptors (Lipinski definition) is 6. The van der Waals surface area contributed by atoms with Crippen LogP contribution in [0.15, 0.2) is 41.1 Å². The minimum Gasteiger partial charge on any atom is -0.480 e. The lowest BCUT2D eigenvalue weighted by Gasteiger charge is -2.36. The number of nitrogens with zero attached hydrogens (tertiary/aromatic N) is 4. The maximum Gasteiger partial charge on any atom is 0.289 e. The van der Waals surface area contributed by atoms with Gasteiger partial charge in [-0.2, -0.15) is 0 Å². The first-order chi connectivity index (χ1) is 13.1. The third-order valence-electron chi connectivity index (χ3n) is 4.60. The van der Waals surface area contributed by atoms with E-state index in [-0.39, 0.29) is 36.6 Å². The molecular weight excluding hydrogens is 352 g/mol. The zero-order chi connectivity index (χ0) is 18.8. The summed E-state index contributed by atoms with van der Waals surface area (Å²) in [6, 6.07) is 6.71. The van der Waals surface area contributed by atoms with Gasteiger partial charge < -0.3 is 19.0 Å². The van der Waals surface area contributed by atoms with Gasteiger partial charge in [-0.15, -0.1) is 0 Å². The third kappa shape index (κ3) is 3.35. The molecule has 0 unspecified atom stereocenters. The second-order valence-electron chi connectivity index (χ2n) is 6.24. The maximum atomic E-state index is 12.7. The van der Waals surface area contributed by atoms with E-state index in [2.05, 4.69) is 4.98 Å². The van der Waals surface area contributed by atoms with E-state index >= 15 is 0 Å². The van der Waals surface area contributed by atoms with Crippen molar-refractivity contribution in [2.24, 2.45) is 0 Å². The van der Waals surface area contributed by atoms with Crippen LogP contribution in [0.25, 0.3) is 0 Å². The Labute approximate surface area is 155 Å². The van der Waals surface area contributed by atoms with Crippen LogP contribution in [0.2, 0.25) is 0 Å². The summed E-state index contributed by atoms with van der Waals surface area (Å²) in [4.78, 5) is 45.9. The number of fused-ring (bicyclic) bond motifs is 1. The molecule has 1 saturated heterocycles. The fourth-order valence-electron chi connectivity index (χ4n) is 3.15. The number of carbonyl (C=O) groups is 3. The van der Waals surface area contributed by atoms with Gasteiger partial charge in [-0.3, -0.25) is 19.3 Å². The SMILES string of the molecule is O=C(CN1C(=O)COc2cccnc21)N1CCN(C(=O)c2ccco2)CC1. The molecule has 2 aromatic rings. The summed E-state index contributed by atoms with van der Waals surface area (Å²) in [5.74, 6) is 0.450. The minimum absolute atomic E-state index is 0.0989. The van der Waals surface area contributed by atoms with Crippen LogP contribution in [0.3, 0.4) is 0 Å². The first-order valence-corrected chi connectivity index (χ1v) is 8.62. The second kappa shape index (κ2) is 7.10. The number of anilines is 1. The molecule has 0 saturated carbocycles. The zero-order valence-electron chi connectivity index (χ0n) is 14.5. The lowest BCUT2D eigenvalue weighted by atomic mass is 10.2. The topological polar surface area (TPSA) is 96.2 Å². The molecule has 9 heteroatoms. The van der Waals surface area contributed by atoms with Crippen LogP contribution in [0.5, 0.6) is 5.75 Å². The summed E-state index contributed by atoms with van der Waals surface area (Å²) in [5.41, 5.74) is 0. The van der Waals surface area contributed by atoms with Gasteiger partial charge in [0.15, 0.2) is 23.9 Å². The highest BCUT2D eigenvalue weighted by atomic mass is 16.5. The van der Waals surface area contributed by atoms with Crippen molar-refractivity contribution in [2.75, 3.05) is 44.2 Å². The van der Waals surface area contributed by atoms with E-state index < -0.39 is 0 Å². The molecule has 0 radical (unpaired) electrons. The molecule has 2 aliphatic heterocycles. The highest BCUT2D eigenvalue weighted by molar-refractivity contribution is 6.01. The molecule has 0 N–H and O–H groups in total. The molecule has 140 valence electrons. The Hall–Kier alpha value is -3.36. The minimum atomic E-state index is -0.304. The summed E-state index contributed by atoms with van der Waals surface area (Å²) < 4.78 is 10.5. The Morgan fingerprint density at radius 1 is 1.07 bits per heavy atom. The molecular formula is C18H18N4O5. The number of aromatic nitrogens is 1. The molecule has 0 bridgehead atoms. The highest BCUT2D eigenvalue weighted by Crippen LogP contribution is 2.28. The zero-order valence-corrected chi connectivity index (χ0v) is 14.5. The molecule has 4 heterocycles. The smallest absolute Gasteiger partial charge is 0.289 e. The molecule has 4 rings (SSSR count). The van der Waals surface area contributed by atoms with E-state index in [0.29, 0.717) is 37.7 Å². The molecule has 1 fully saturated rings. The summed E-state index contributed by atoms with van der Waals surface area (Å²) in [6.07, 6.45) is 3.01. The van der Waals surface area contributed by atoms with Crippen molar-refractivity contribution in [1.29, 1.82) is 0 Å². The number of furan rings is 1. The van der Waals surface area contributed by atoms with Crippen LogP contribution < -0.4 is 9.64 Å². The number of amides is 3. The number of piperazine rings is 1. The van der Waals surface area contributed by atoms with Crippen LogP contribution in [-0.2, 0) is 9.59 Å². The van der Waals surface area contributed by atoms with Gasteiger partial charge in [-0.25, -0.2) is 4.98 Å². The summed E-state index contributed by atoms with van der Waals surface area (Å²) in [5, 5.41) is 0. The number of ether oxygens (including phenoxy) is 1. The van der Waals surface area contributed by atoms with E-state index in [9.17, 15) is 14.4 Å². The van der Waals surface area contributed by atoms with Gasteiger partial charge in [0.05, 0.1) is 6.26 Å². The van der Waals surface area contributed by atoms with Gasteiger partial charge in [-0.1, -0.05) is 0 Å². The molecule has 9 nitrogen and oxygen atoms in total. The van der Waals surface area contributed by atoms with Crippen molar-refractivity contribution < 1.29 is 23.5 Å². The predicted octanol–water partition coefficient (Wildman–Crippen LogP) is 0.385. The Morgan fingerprint density at radius 3 is 2.59 bits per heavy atom. The quantitative estimate of drug-likeness (QED) is 0.775. The Balaban J connectivity index is 1.38. The van der Waals surface area contributed by atoms with E-state index in [1.807, 2.05) is 0 Å². The fraction of sp³-hybridized carbons (Fsp3) is 0.333. The molecule has 0 atom stereocenters. The van der Waals surface area contributed by atoms with Crippen LogP contribution in [0.4, 0.5) is 5.82 Å². The Kier molecular flexibility index (Phi) is 4.49. The van der Waals surface area contributed by atoms with Crippen LogP contribution in [0.1, 0.15) is 10.6 Å².